The first-order chi connectivity index (χ1) is 18.1. The van der Waals surface area contributed by atoms with Gasteiger partial charge < -0.3 is 27.2 Å². The van der Waals surface area contributed by atoms with Gasteiger partial charge in [-0.3, -0.25) is 9.59 Å². The predicted molar refractivity (Wildman–Crippen MR) is 158 cm³/mol. The zero-order valence-corrected chi connectivity index (χ0v) is 27.6. The van der Waals surface area contributed by atoms with E-state index >= 15 is 0 Å². The van der Waals surface area contributed by atoms with Crippen LogP contribution in [0.3, 0.4) is 0 Å². The summed E-state index contributed by atoms with van der Waals surface area (Å²) in [6.45, 7) is 14.5. The standard InChI is InChI=1S/C18H30NO2.C12H26O5Si/c1-6-18(2,3)17(20)21-14-10-13-19(4,5)15-16-11-8-7-9-12-16;1-7-12(2,3)11(13)17-9-8-10-18(14-4,15-5)16-6/h7-9,11-12H,6,10,13-15H2,1-5H3;7-10H2,1-6H3/q+1;. The van der Waals surface area contributed by atoms with Gasteiger partial charge in [-0.2, -0.15) is 0 Å². The van der Waals surface area contributed by atoms with E-state index in [0.29, 0.717) is 25.7 Å². The van der Waals surface area contributed by atoms with Gasteiger partial charge in [0, 0.05) is 39.4 Å². The third-order valence-corrected chi connectivity index (χ3v) is 10.1. The Hall–Kier alpha value is -1.78. The highest BCUT2D eigenvalue weighted by Crippen LogP contribution is 2.23. The Morgan fingerprint density at radius 1 is 0.769 bits per heavy atom. The number of hydrogen-bond acceptors (Lipinski definition) is 7. The van der Waals surface area contributed by atoms with E-state index in [4.69, 9.17) is 22.8 Å². The van der Waals surface area contributed by atoms with Crippen LogP contribution in [0.25, 0.3) is 0 Å². The van der Waals surface area contributed by atoms with Crippen LogP contribution in [0.15, 0.2) is 30.3 Å². The molecule has 0 fully saturated rings. The molecule has 0 atom stereocenters. The van der Waals surface area contributed by atoms with Crippen LogP contribution in [0.4, 0.5) is 0 Å². The van der Waals surface area contributed by atoms with Crippen LogP contribution in [-0.4, -0.2) is 80.4 Å². The number of carbonyl (C=O) groups is 2. The molecule has 1 rings (SSSR count). The molecule has 0 aliphatic heterocycles. The van der Waals surface area contributed by atoms with Gasteiger partial charge in [0.05, 0.1) is 44.7 Å². The minimum atomic E-state index is -2.53. The van der Waals surface area contributed by atoms with Gasteiger partial charge in [0.2, 0.25) is 0 Å². The van der Waals surface area contributed by atoms with Crippen LogP contribution in [0, 0.1) is 10.8 Å². The molecule has 0 bridgehead atoms. The maximum atomic E-state index is 11.9. The van der Waals surface area contributed by atoms with E-state index in [1.54, 1.807) is 21.3 Å². The summed E-state index contributed by atoms with van der Waals surface area (Å²) in [6.07, 6.45) is 3.14. The van der Waals surface area contributed by atoms with Crippen LogP contribution in [0.2, 0.25) is 6.04 Å². The van der Waals surface area contributed by atoms with E-state index in [2.05, 4.69) is 38.4 Å². The number of nitrogens with zero attached hydrogens (tertiary/aromatic N) is 1. The molecular formula is C30H56NO7Si+. The lowest BCUT2D eigenvalue weighted by Crippen LogP contribution is -2.42. The number of ether oxygens (including phenoxy) is 2. The fourth-order valence-corrected chi connectivity index (χ4v) is 5.19. The molecule has 39 heavy (non-hydrogen) atoms. The fraction of sp³-hybridized carbons (Fsp3) is 0.733. The molecule has 0 saturated carbocycles. The first kappa shape index (κ1) is 37.2. The molecule has 1 aromatic carbocycles. The van der Waals surface area contributed by atoms with Crippen molar-refractivity contribution in [3.05, 3.63) is 35.9 Å². The highest BCUT2D eigenvalue weighted by atomic mass is 28.4. The number of hydrogen-bond donors (Lipinski definition) is 0. The Morgan fingerprint density at radius 2 is 1.21 bits per heavy atom. The third kappa shape index (κ3) is 14.4. The molecule has 8 nitrogen and oxygen atoms in total. The summed E-state index contributed by atoms with van der Waals surface area (Å²) in [5, 5.41) is 0. The number of rotatable bonds is 17. The maximum absolute atomic E-state index is 11.9. The van der Waals surface area contributed by atoms with Crippen LogP contribution in [0.1, 0.15) is 72.8 Å². The smallest absolute Gasteiger partial charge is 0.465 e. The Bertz CT molecular complexity index is 816. The number of esters is 2. The Balaban J connectivity index is 0.000000751. The highest BCUT2D eigenvalue weighted by Gasteiger charge is 2.37. The SMILES string of the molecule is CCC(C)(C)C(=O)OCCC[N+](C)(C)Cc1ccccc1.CCC(C)(C)C(=O)OCCC[Si](OC)(OC)OC. The lowest BCUT2D eigenvalue weighted by molar-refractivity contribution is -0.903. The zero-order valence-electron chi connectivity index (χ0n) is 26.6. The average Bonchev–Trinajstić information content (AvgIpc) is 2.92. The summed E-state index contributed by atoms with van der Waals surface area (Å²) in [7, 11) is 6.62. The van der Waals surface area contributed by atoms with Crippen LogP contribution >= 0.6 is 0 Å². The Kier molecular flexibility index (Phi) is 17.0. The monoisotopic (exact) mass is 570 g/mol. The molecule has 0 aliphatic rings. The summed E-state index contributed by atoms with van der Waals surface area (Å²) >= 11 is 0. The van der Waals surface area contributed by atoms with Crippen molar-refractivity contribution in [1.29, 1.82) is 0 Å². The summed E-state index contributed by atoms with van der Waals surface area (Å²) in [6, 6.07) is 11.1. The van der Waals surface area contributed by atoms with Crippen molar-refractivity contribution in [3.63, 3.8) is 0 Å². The molecule has 0 aromatic heterocycles. The van der Waals surface area contributed by atoms with Crippen molar-refractivity contribution in [2.24, 2.45) is 10.8 Å². The molecule has 9 heteroatoms. The second-order valence-corrected chi connectivity index (χ2v) is 14.9. The molecule has 1 aromatic rings. The van der Waals surface area contributed by atoms with Crippen LogP contribution in [0.5, 0.6) is 0 Å². The van der Waals surface area contributed by atoms with E-state index in [1.807, 2.05) is 47.6 Å². The van der Waals surface area contributed by atoms with Gasteiger partial charge in [-0.15, -0.1) is 0 Å². The van der Waals surface area contributed by atoms with Crippen molar-refractivity contribution >= 4 is 20.7 Å². The zero-order chi connectivity index (χ0) is 30.2. The van der Waals surface area contributed by atoms with E-state index in [9.17, 15) is 9.59 Å². The molecule has 0 amide bonds. The molecule has 226 valence electrons. The normalized spacial score (nSPS) is 12.4. The molecule has 0 aliphatic carbocycles. The van der Waals surface area contributed by atoms with Gasteiger partial charge in [0.1, 0.15) is 6.54 Å². The van der Waals surface area contributed by atoms with Crippen molar-refractivity contribution < 1.29 is 36.8 Å². The number of quaternary nitrogens is 1. The second kappa shape index (κ2) is 17.8. The lowest BCUT2D eigenvalue weighted by Gasteiger charge is -2.30. The van der Waals surface area contributed by atoms with Crippen LogP contribution in [-0.2, 0) is 38.9 Å². The largest absolute Gasteiger partial charge is 0.500 e. The first-order valence-electron chi connectivity index (χ1n) is 14.0. The molecule has 0 radical (unpaired) electrons. The third-order valence-electron chi connectivity index (χ3n) is 7.26. The van der Waals surface area contributed by atoms with Gasteiger partial charge in [-0.05, 0) is 47.0 Å². The molecule has 0 unspecified atom stereocenters. The van der Waals surface area contributed by atoms with E-state index < -0.39 is 14.2 Å². The van der Waals surface area contributed by atoms with Gasteiger partial charge >= 0.3 is 20.7 Å². The minimum Gasteiger partial charge on any atom is -0.465 e. The van der Waals surface area contributed by atoms with Crippen molar-refractivity contribution in [2.45, 2.75) is 79.8 Å². The lowest BCUT2D eigenvalue weighted by atomic mass is 9.91. The highest BCUT2D eigenvalue weighted by molar-refractivity contribution is 6.60. The van der Waals surface area contributed by atoms with Gasteiger partial charge in [0.15, 0.2) is 0 Å². The molecule has 0 N–H and O–H groups in total. The summed E-state index contributed by atoms with van der Waals surface area (Å²) in [5.41, 5.74) is 0.554. The van der Waals surface area contributed by atoms with Gasteiger partial charge in [0.25, 0.3) is 0 Å². The summed E-state index contributed by atoms with van der Waals surface area (Å²) in [4.78, 5) is 23.6. The van der Waals surface area contributed by atoms with Gasteiger partial charge in [-0.25, -0.2) is 0 Å². The summed E-state index contributed by atoms with van der Waals surface area (Å²) in [5.74, 6) is -0.247. The quantitative estimate of drug-likeness (QED) is 0.100. The van der Waals surface area contributed by atoms with E-state index in [0.717, 1.165) is 36.8 Å². The number of carbonyl (C=O) groups excluding carboxylic acids is 2. The summed E-state index contributed by atoms with van der Waals surface area (Å²) < 4.78 is 27.4. The molecular weight excluding hydrogens is 514 g/mol. The van der Waals surface area contributed by atoms with Crippen molar-refractivity contribution in [3.8, 4) is 0 Å². The van der Waals surface area contributed by atoms with E-state index in [1.165, 1.54) is 5.56 Å². The topological polar surface area (TPSA) is 80.3 Å². The van der Waals surface area contributed by atoms with Crippen molar-refractivity contribution in [1.82, 2.24) is 0 Å². The predicted octanol–water partition coefficient (Wildman–Crippen LogP) is 5.87. The Morgan fingerprint density at radius 3 is 1.62 bits per heavy atom. The van der Waals surface area contributed by atoms with Crippen molar-refractivity contribution in [2.75, 3.05) is 55.2 Å². The van der Waals surface area contributed by atoms with E-state index in [-0.39, 0.29) is 17.4 Å². The Labute approximate surface area is 239 Å². The molecule has 0 heterocycles. The fourth-order valence-electron chi connectivity index (χ4n) is 3.50. The molecule has 0 spiro atoms. The second-order valence-electron chi connectivity index (χ2n) is 11.8. The van der Waals surface area contributed by atoms with Gasteiger partial charge in [-0.1, -0.05) is 44.2 Å². The minimum absolute atomic E-state index is 0.0848. The first-order valence-corrected chi connectivity index (χ1v) is 15.9. The average molecular weight is 571 g/mol. The molecule has 0 saturated heterocycles. The maximum Gasteiger partial charge on any atom is 0.500 e. The number of benzene rings is 1. The van der Waals surface area contributed by atoms with Crippen LogP contribution < -0.4 is 0 Å².